The van der Waals surface area contributed by atoms with Crippen LogP contribution >= 0.6 is 12.2 Å². The monoisotopic (exact) mass is 262 g/mol. The average Bonchev–Trinajstić information content (AvgIpc) is 2.39. The first-order valence-electron chi connectivity index (χ1n) is 5.63. The highest BCUT2D eigenvalue weighted by atomic mass is 32.1. The van der Waals surface area contributed by atoms with Crippen LogP contribution in [0.4, 0.5) is 5.69 Å². The van der Waals surface area contributed by atoms with Crippen molar-refractivity contribution in [3.63, 3.8) is 0 Å². The van der Waals surface area contributed by atoms with Gasteiger partial charge in [-0.3, -0.25) is 0 Å². The molecule has 1 rings (SSSR count). The van der Waals surface area contributed by atoms with Crippen LogP contribution in [0.2, 0.25) is 0 Å². The third-order valence-corrected chi connectivity index (χ3v) is 2.70. The van der Waals surface area contributed by atoms with E-state index in [1.54, 1.807) is 19.3 Å². The molecule has 1 aromatic rings. The highest BCUT2D eigenvalue weighted by Gasteiger charge is 2.08. The van der Waals surface area contributed by atoms with Crippen molar-refractivity contribution in [3.8, 4) is 5.75 Å². The molecule has 0 aliphatic heterocycles. The van der Waals surface area contributed by atoms with Crippen LogP contribution in [0.3, 0.4) is 0 Å². The topological polar surface area (TPSA) is 24.5 Å². The maximum Gasteiger partial charge on any atom is 0.174 e. The first kappa shape index (κ1) is 14.3. The van der Waals surface area contributed by atoms with Crippen LogP contribution in [0.5, 0.6) is 5.75 Å². The number of nitrogens with zero attached hydrogens (tertiary/aromatic N) is 1. The van der Waals surface area contributed by atoms with Gasteiger partial charge in [0.15, 0.2) is 5.11 Å². The summed E-state index contributed by atoms with van der Waals surface area (Å²) in [6.07, 6.45) is 3.61. The van der Waals surface area contributed by atoms with E-state index in [0.29, 0.717) is 18.2 Å². The van der Waals surface area contributed by atoms with Gasteiger partial charge in [-0.15, -0.1) is 13.2 Å². The number of hydrogen-bond donors (Lipinski definition) is 1. The lowest BCUT2D eigenvalue weighted by molar-refractivity contribution is 0.416. The summed E-state index contributed by atoms with van der Waals surface area (Å²) in [6.45, 7) is 8.78. The number of methoxy groups -OCH3 is 1. The fourth-order valence-electron chi connectivity index (χ4n) is 1.49. The summed E-state index contributed by atoms with van der Waals surface area (Å²) in [5.41, 5.74) is 0.850. The van der Waals surface area contributed by atoms with Gasteiger partial charge in [-0.05, 0) is 24.4 Å². The second-order valence-electron chi connectivity index (χ2n) is 3.61. The number of benzene rings is 1. The average molecular weight is 262 g/mol. The maximum absolute atomic E-state index is 5.36. The second-order valence-corrected chi connectivity index (χ2v) is 4.00. The zero-order chi connectivity index (χ0) is 13.4. The number of rotatable bonds is 6. The summed E-state index contributed by atoms with van der Waals surface area (Å²) in [4.78, 5) is 1.96. The molecule has 0 fully saturated rings. The summed E-state index contributed by atoms with van der Waals surface area (Å²) >= 11 is 5.36. The second kappa shape index (κ2) is 7.50. The predicted octanol–water partition coefficient (Wildman–Crippen LogP) is 3.07. The van der Waals surface area contributed by atoms with E-state index in [0.717, 1.165) is 11.4 Å². The molecule has 0 amide bonds. The molecule has 0 aliphatic rings. The smallest absolute Gasteiger partial charge is 0.174 e. The van der Waals surface area contributed by atoms with Gasteiger partial charge in [0.2, 0.25) is 0 Å². The van der Waals surface area contributed by atoms with Crippen molar-refractivity contribution in [2.24, 2.45) is 0 Å². The van der Waals surface area contributed by atoms with Crippen molar-refractivity contribution in [3.05, 3.63) is 49.6 Å². The summed E-state index contributed by atoms with van der Waals surface area (Å²) in [6, 6.07) is 7.65. The van der Waals surface area contributed by atoms with Gasteiger partial charge >= 0.3 is 0 Å². The van der Waals surface area contributed by atoms with Gasteiger partial charge in [-0.25, -0.2) is 0 Å². The summed E-state index contributed by atoms with van der Waals surface area (Å²) < 4.78 is 5.26. The molecule has 0 spiro atoms. The van der Waals surface area contributed by atoms with Crippen molar-refractivity contribution in [1.82, 2.24) is 4.90 Å². The SMILES string of the molecule is C=CCN(CC=C)C(=S)Nc1ccccc1OC. The Morgan fingerprint density at radius 2 is 1.94 bits per heavy atom. The molecule has 18 heavy (non-hydrogen) atoms. The normalized spacial score (nSPS) is 9.39. The van der Waals surface area contributed by atoms with Gasteiger partial charge in [0, 0.05) is 13.1 Å². The molecule has 0 unspecified atom stereocenters. The quantitative estimate of drug-likeness (QED) is 0.629. The number of hydrogen-bond acceptors (Lipinski definition) is 2. The Hall–Kier alpha value is -1.81. The molecule has 0 saturated heterocycles. The van der Waals surface area contributed by atoms with Gasteiger partial charge in [-0.2, -0.15) is 0 Å². The highest BCUT2D eigenvalue weighted by Crippen LogP contribution is 2.23. The molecular weight excluding hydrogens is 244 g/mol. The lowest BCUT2D eigenvalue weighted by Gasteiger charge is -2.23. The minimum atomic E-state index is 0.624. The molecule has 0 aliphatic carbocycles. The van der Waals surface area contributed by atoms with Gasteiger partial charge < -0.3 is 15.0 Å². The Morgan fingerprint density at radius 3 is 2.50 bits per heavy atom. The minimum Gasteiger partial charge on any atom is -0.495 e. The standard InChI is InChI=1S/C14H18N2OS/c1-4-10-16(11-5-2)14(18)15-12-8-6-7-9-13(12)17-3/h4-9H,1-2,10-11H2,3H3,(H,15,18). The van der Waals surface area contributed by atoms with Gasteiger partial charge in [-0.1, -0.05) is 24.3 Å². The van der Waals surface area contributed by atoms with E-state index < -0.39 is 0 Å². The number of nitrogens with one attached hydrogen (secondary N) is 1. The van der Waals surface area contributed by atoms with Crippen LogP contribution in [0.15, 0.2) is 49.6 Å². The zero-order valence-electron chi connectivity index (χ0n) is 10.6. The summed E-state index contributed by atoms with van der Waals surface area (Å²) in [5, 5.41) is 3.79. The van der Waals surface area contributed by atoms with Crippen LogP contribution < -0.4 is 10.1 Å². The van der Waals surface area contributed by atoms with Crippen LogP contribution in [0.25, 0.3) is 0 Å². The molecule has 4 heteroatoms. The molecule has 0 aromatic heterocycles. The van der Waals surface area contributed by atoms with E-state index in [4.69, 9.17) is 17.0 Å². The molecule has 0 heterocycles. The Bertz CT molecular complexity index is 422. The van der Waals surface area contributed by atoms with Crippen LogP contribution in [0.1, 0.15) is 0 Å². The first-order valence-corrected chi connectivity index (χ1v) is 6.04. The summed E-state index contributed by atoms with van der Waals surface area (Å²) in [7, 11) is 1.63. The van der Waals surface area contributed by atoms with Crippen molar-refractivity contribution in [1.29, 1.82) is 0 Å². The van der Waals surface area contributed by atoms with Crippen LogP contribution in [-0.4, -0.2) is 30.2 Å². The van der Waals surface area contributed by atoms with Gasteiger partial charge in [0.05, 0.1) is 12.8 Å². The van der Waals surface area contributed by atoms with Gasteiger partial charge in [0.25, 0.3) is 0 Å². The fourth-order valence-corrected chi connectivity index (χ4v) is 1.75. The minimum absolute atomic E-state index is 0.624. The maximum atomic E-state index is 5.36. The van der Waals surface area contributed by atoms with E-state index in [-0.39, 0.29) is 0 Å². The lowest BCUT2D eigenvalue weighted by Crippen LogP contribution is -2.35. The Kier molecular flexibility index (Phi) is 5.94. The van der Waals surface area contributed by atoms with Crippen molar-refractivity contribution >= 4 is 23.0 Å². The Balaban J connectivity index is 2.78. The summed E-state index contributed by atoms with van der Waals surface area (Å²) in [5.74, 6) is 0.761. The van der Waals surface area contributed by atoms with E-state index in [9.17, 15) is 0 Å². The molecule has 3 nitrogen and oxygen atoms in total. The van der Waals surface area contributed by atoms with Crippen molar-refractivity contribution in [2.45, 2.75) is 0 Å². The first-order chi connectivity index (χ1) is 8.72. The molecule has 1 aromatic carbocycles. The van der Waals surface area contributed by atoms with Crippen LogP contribution in [-0.2, 0) is 0 Å². The largest absolute Gasteiger partial charge is 0.495 e. The molecule has 96 valence electrons. The van der Waals surface area contributed by atoms with E-state index in [1.165, 1.54) is 0 Å². The third-order valence-electron chi connectivity index (χ3n) is 2.33. The zero-order valence-corrected chi connectivity index (χ0v) is 11.4. The Labute approximate surface area is 114 Å². The number of anilines is 1. The molecule has 0 radical (unpaired) electrons. The molecule has 1 N–H and O–H groups in total. The van der Waals surface area contributed by atoms with Crippen molar-refractivity contribution < 1.29 is 4.74 Å². The van der Waals surface area contributed by atoms with Gasteiger partial charge in [0.1, 0.15) is 5.75 Å². The molecule has 0 bridgehead atoms. The Morgan fingerprint density at radius 1 is 1.33 bits per heavy atom. The number of ether oxygens (including phenoxy) is 1. The van der Waals surface area contributed by atoms with E-state index in [1.807, 2.05) is 29.2 Å². The van der Waals surface area contributed by atoms with E-state index in [2.05, 4.69) is 18.5 Å². The number of para-hydroxylation sites is 2. The molecule has 0 atom stereocenters. The molecular formula is C14H18N2OS. The molecule has 0 saturated carbocycles. The van der Waals surface area contributed by atoms with E-state index >= 15 is 0 Å². The fraction of sp³-hybridized carbons (Fsp3) is 0.214. The van der Waals surface area contributed by atoms with Crippen LogP contribution in [0, 0.1) is 0 Å². The highest BCUT2D eigenvalue weighted by molar-refractivity contribution is 7.80. The predicted molar refractivity (Wildman–Crippen MR) is 81.2 cm³/mol. The lowest BCUT2D eigenvalue weighted by atomic mass is 10.3. The number of thiocarbonyl (C=S) groups is 1. The third kappa shape index (κ3) is 3.89. The van der Waals surface area contributed by atoms with Crippen molar-refractivity contribution in [2.75, 3.05) is 25.5 Å².